The van der Waals surface area contributed by atoms with E-state index in [0.29, 0.717) is 29.2 Å². The van der Waals surface area contributed by atoms with Crippen LogP contribution in [0.3, 0.4) is 0 Å². The third-order valence-corrected chi connectivity index (χ3v) is 6.08. The number of methoxy groups -OCH3 is 1. The molecular formula is C24H28O7S. The number of carbonyl (C=O) groups excluding carboxylic acids is 1. The van der Waals surface area contributed by atoms with Crippen LogP contribution in [0.4, 0.5) is 0 Å². The minimum Gasteiger partial charge on any atom is -0.495 e. The first-order valence-corrected chi connectivity index (χ1v) is 12.0. The maximum Gasteiger partial charge on any atom is 0.346 e. The number of allylic oxidation sites excluding steroid dienone is 1. The predicted molar refractivity (Wildman–Crippen MR) is 122 cm³/mol. The molecule has 0 amide bonds. The van der Waals surface area contributed by atoms with Crippen molar-refractivity contribution in [1.29, 1.82) is 0 Å². The van der Waals surface area contributed by atoms with Gasteiger partial charge in [0.25, 0.3) is 0 Å². The van der Waals surface area contributed by atoms with E-state index < -0.39 is 16.1 Å². The van der Waals surface area contributed by atoms with E-state index in [1.165, 1.54) is 7.11 Å². The van der Waals surface area contributed by atoms with Crippen LogP contribution in [0.5, 0.6) is 23.0 Å². The number of rotatable bonds is 7. The van der Waals surface area contributed by atoms with E-state index in [2.05, 4.69) is 0 Å². The molecule has 172 valence electrons. The third-order valence-electron chi connectivity index (χ3n) is 4.74. The lowest BCUT2D eigenvalue weighted by atomic mass is 10.0. The van der Waals surface area contributed by atoms with Crippen LogP contribution >= 0.6 is 0 Å². The number of esters is 1. The van der Waals surface area contributed by atoms with E-state index in [4.69, 9.17) is 18.4 Å². The highest BCUT2D eigenvalue weighted by Gasteiger charge is 2.29. The maximum atomic E-state index is 12.9. The Kier molecular flexibility index (Phi) is 7.13. The fourth-order valence-corrected chi connectivity index (χ4v) is 4.34. The molecule has 0 aliphatic carbocycles. The van der Waals surface area contributed by atoms with Crippen LogP contribution in [-0.4, -0.2) is 27.2 Å². The van der Waals surface area contributed by atoms with Gasteiger partial charge in [0, 0.05) is 11.1 Å². The quantitative estimate of drug-likeness (QED) is 0.412. The summed E-state index contributed by atoms with van der Waals surface area (Å²) in [6, 6.07) is 6.77. The van der Waals surface area contributed by atoms with Crippen LogP contribution in [-0.2, 0) is 21.5 Å². The first-order chi connectivity index (χ1) is 15.1. The van der Waals surface area contributed by atoms with Crippen molar-refractivity contribution in [3.05, 3.63) is 52.6 Å². The molecule has 8 heteroatoms. The van der Waals surface area contributed by atoms with Gasteiger partial charge >= 0.3 is 16.1 Å². The summed E-state index contributed by atoms with van der Waals surface area (Å²) in [5.74, 6) is 0.351. The third kappa shape index (κ3) is 5.24. The van der Waals surface area contributed by atoms with Gasteiger partial charge in [-0.1, -0.05) is 32.9 Å². The van der Waals surface area contributed by atoms with E-state index in [-0.39, 0.29) is 35.2 Å². The molecule has 0 spiro atoms. The molecule has 32 heavy (non-hydrogen) atoms. The van der Waals surface area contributed by atoms with Crippen LogP contribution in [0.1, 0.15) is 54.2 Å². The lowest BCUT2D eigenvalue weighted by Gasteiger charge is -2.22. The number of hydrogen-bond donors (Lipinski definition) is 0. The maximum absolute atomic E-state index is 12.9. The average Bonchev–Trinajstić information content (AvgIpc) is 2.70. The van der Waals surface area contributed by atoms with Gasteiger partial charge in [-0.15, -0.1) is 0 Å². The molecule has 1 heterocycles. The van der Waals surface area contributed by atoms with Crippen molar-refractivity contribution in [2.45, 2.75) is 40.7 Å². The number of hydrogen-bond acceptors (Lipinski definition) is 7. The lowest BCUT2D eigenvalue weighted by molar-refractivity contribution is 0.0455. The minimum atomic E-state index is -3.80. The number of fused-ring (bicyclic) bond motifs is 2. The molecule has 0 atom stereocenters. The first-order valence-electron chi connectivity index (χ1n) is 10.4. The second-order valence-corrected chi connectivity index (χ2v) is 9.63. The molecule has 0 aromatic heterocycles. The Labute approximate surface area is 189 Å². The van der Waals surface area contributed by atoms with Gasteiger partial charge in [-0.25, -0.2) is 4.79 Å². The van der Waals surface area contributed by atoms with E-state index >= 15 is 0 Å². The molecule has 7 nitrogen and oxygen atoms in total. The van der Waals surface area contributed by atoms with Gasteiger partial charge in [0.05, 0.1) is 12.9 Å². The van der Waals surface area contributed by atoms with E-state index in [1.807, 2.05) is 26.0 Å². The fourth-order valence-electron chi connectivity index (χ4n) is 3.36. The molecule has 2 aromatic carbocycles. The monoisotopic (exact) mass is 460 g/mol. The molecule has 1 aliphatic heterocycles. The van der Waals surface area contributed by atoms with Gasteiger partial charge in [0.15, 0.2) is 11.5 Å². The molecule has 0 fully saturated rings. The van der Waals surface area contributed by atoms with Gasteiger partial charge in [0.2, 0.25) is 0 Å². The van der Waals surface area contributed by atoms with E-state index in [0.717, 1.165) is 5.56 Å². The molecule has 0 radical (unpaired) electrons. The molecule has 0 N–H and O–H groups in total. The Morgan fingerprint density at radius 3 is 2.62 bits per heavy atom. The molecule has 3 rings (SSSR count). The summed E-state index contributed by atoms with van der Waals surface area (Å²) in [6.07, 6.45) is 4.28. The smallest absolute Gasteiger partial charge is 0.346 e. The normalized spacial score (nSPS) is 13.6. The number of aryl methyl sites for hydroxylation is 1. The largest absolute Gasteiger partial charge is 0.495 e. The molecule has 2 aromatic rings. The van der Waals surface area contributed by atoms with Crippen molar-refractivity contribution in [3.8, 4) is 23.0 Å². The SMILES string of the molecule is CCCS(=O)(=O)Oc1cc(C)cc2c1Oc1ccc(C=CC(C)C)c(OC)c1C(=O)OC2. The zero-order valence-electron chi connectivity index (χ0n) is 18.9. The topological polar surface area (TPSA) is 88.1 Å². The van der Waals surface area contributed by atoms with Crippen molar-refractivity contribution in [1.82, 2.24) is 0 Å². The Hall–Kier alpha value is -3.00. The van der Waals surface area contributed by atoms with Gasteiger partial charge in [0.1, 0.15) is 23.7 Å². The van der Waals surface area contributed by atoms with E-state index in [1.54, 1.807) is 38.1 Å². The summed E-state index contributed by atoms with van der Waals surface area (Å²) >= 11 is 0. The second-order valence-electron chi connectivity index (χ2n) is 7.94. The van der Waals surface area contributed by atoms with Crippen molar-refractivity contribution >= 4 is 22.2 Å². The van der Waals surface area contributed by atoms with Crippen LogP contribution < -0.4 is 13.7 Å². The lowest BCUT2D eigenvalue weighted by Crippen LogP contribution is -2.16. The highest BCUT2D eigenvalue weighted by molar-refractivity contribution is 7.87. The molecule has 0 bridgehead atoms. The Balaban J connectivity index is 2.15. The molecular weight excluding hydrogens is 432 g/mol. The van der Waals surface area contributed by atoms with Crippen molar-refractivity contribution in [3.63, 3.8) is 0 Å². The number of cyclic esters (lactones) is 1. The molecule has 0 unspecified atom stereocenters. The minimum absolute atomic E-state index is 0.0556. The average molecular weight is 461 g/mol. The van der Waals surface area contributed by atoms with Gasteiger partial charge in [-0.05, 0) is 49.1 Å². The molecule has 0 saturated heterocycles. The highest BCUT2D eigenvalue weighted by Crippen LogP contribution is 2.43. The summed E-state index contributed by atoms with van der Waals surface area (Å²) in [6.45, 7) is 7.53. The van der Waals surface area contributed by atoms with Crippen LogP contribution in [0.25, 0.3) is 6.08 Å². The van der Waals surface area contributed by atoms with Crippen molar-refractivity contribution < 1.29 is 31.6 Å². The number of carbonyl (C=O) groups is 1. The van der Waals surface area contributed by atoms with Crippen molar-refractivity contribution in [2.24, 2.45) is 5.92 Å². The Bertz CT molecular complexity index is 1150. The van der Waals surface area contributed by atoms with Crippen LogP contribution in [0, 0.1) is 12.8 Å². The highest BCUT2D eigenvalue weighted by atomic mass is 32.2. The van der Waals surface area contributed by atoms with E-state index in [9.17, 15) is 13.2 Å². The van der Waals surface area contributed by atoms with Gasteiger partial charge < -0.3 is 18.4 Å². The number of ether oxygens (including phenoxy) is 3. The molecule has 1 aliphatic rings. The zero-order chi connectivity index (χ0) is 23.5. The summed E-state index contributed by atoms with van der Waals surface area (Å²) in [5.41, 5.74) is 2.09. The standard InChI is InChI=1S/C24H28O7S/c1-6-11-32(26,27)31-20-13-16(4)12-18-14-29-24(25)21-19(30-22(18)20)10-9-17(23(21)28-5)8-7-15(2)3/h7-10,12-13,15H,6,11,14H2,1-5H3. The Morgan fingerprint density at radius 1 is 1.22 bits per heavy atom. The molecule has 0 saturated carbocycles. The number of benzene rings is 2. The second kappa shape index (κ2) is 9.65. The van der Waals surface area contributed by atoms with Crippen molar-refractivity contribution in [2.75, 3.05) is 12.9 Å². The summed E-state index contributed by atoms with van der Waals surface area (Å²) in [4.78, 5) is 12.9. The predicted octanol–water partition coefficient (Wildman–Crippen LogP) is 5.25. The summed E-state index contributed by atoms with van der Waals surface area (Å²) in [5, 5.41) is 0. The van der Waals surface area contributed by atoms with Crippen LogP contribution in [0.15, 0.2) is 30.3 Å². The zero-order valence-corrected chi connectivity index (χ0v) is 19.7. The Morgan fingerprint density at radius 2 is 1.97 bits per heavy atom. The van der Waals surface area contributed by atoms with Gasteiger partial charge in [-0.3, -0.25) is 0 Å². The fraction of sp³-hybridized carbons (Fsp3) is 0.375. The van der Waals surface area contributed by atoms with Crippen LogP contribution in [0.2, 0.25) is 0 Å². The first kappa shape index (κ1) is 23.7. The summed E-state index contributed by atoms with van der Waals surface area (Å²) < 4.78 is 47.2. The van der Waals surface area contributed by atoms with Gasteiger partial charge in [-0.2, -0.15) is 8.42 Å². The summed E-state index contributed by atoms with van der Waals surface area (Å²) in [7, 11) is -2.33.